The average molecular weight is 277 g/mol. The van der Waals surface area contributed by atoms with Crippen LogP contribution in [0.5, 0.6) is 5.75 Å². The monoisotopic (exact) mass is 277 g/mol. The summed E-state index contributed by atoms with van der Waals surface area (Å²) < 4.78 is 7.88. The second-order valence-electron chi connectivity index (χ2n) is 4.18. The molecule has 2 rings (SSSR count). The lowest BCUT2D eigenvalue weighted by atomic mass is 10.2. The van der Waals surface area contributed by atoms with Gasteiger partial charge in [-0.05, 0) is 37.3 Å². The van der Waals surface area contributed by atoms with Gasteiger partial charge in [-0.2, -0.15) is 0 Å². The van der Waals surface area contributed by atoms with Crippen LogP contribution in [0.2, 0.25) is 0 Å². The normalized spacial score (nSPS) is 10.7. The van der Waals surface area contributed by atoms with E-state index in [2.05, 4.69) is 41.6 Å². The number of nitrogens with zero attached hydrogens (tertiary/aromatic N) is 3. The van der Waals surface area contributed by atoms with Crippen molar-refractivity contribution >= 4 is 11.8 Å². The Bertz CT molecular complexity index is 539. The average Bonchev–Trinajstić information content (AvgIpc) is 2.79. The van der Waals surface area contributed by atoms with Crippen molar-refractivity contribution in [3.8, 4) is 5.75 Å². The van der Waals surface area contributed by atoms with E-state index in [4.69, 9.17) is 4.74 Å². The molecule has 102 valence electrons. The maximum atomic E-state index is 5.77. The lowest BCUT2D eigenvalue weighted by Crippen LogP contribution is -2.07. The fourth-order valence-electron chi connectivity index (χ4n) is 1.83. The summed E-state index contributed by atoms with van der Waals surface area (Å²) in [5.74, 6) is 2.74. The number of hydrogen-bond donors (Lipinski definition) is 0. The smallest absolute Gasteiger partial charge is 0.191 e. The molecule has 0 bridgehead atoms. The first-order valence-corrected chi connectivity index (χ1v) is 7.47. The fraction of sp³-hybridized carbons (Fsp3) is 0.429. The molecule has 2 aromatic rings. The van der Waals surface area contributed by atoms with Crippen molar-refractivity contribution in [2.24, 2.45) is 0 Å². The van der Waals surface area contributed by atoms with Gasteiger partial charge in [0, 0.05) is 6.54 Å². The van der Waals surface area contributed by atoms with Crippen LogP contribution in [0.3, 0.4) is 0 Å². The third-order valence-electron chi connectivity index (χ3n) is 2.74. The lowest BCUT2D eigenvalue weighted by molar-refractivity contribution is 0.288. The Hall–Kier alpha value is -1.49. The molecule has 4 nitrogen and oxygen atoms in total. The highest BCUT2D eigenvalue weighted by molar-refractivity contribution is 7.99. The van der Waals surface area contributed by atoms with Crippen LogP contribution in [0, 0.1) is 6.92 Å². The molecule has 1 aromatic carbocycles. The van der Waals surface area contributed by atoms with Crippen molar-refractivity contribution in [2.45, 2.75) is 39.1 Å². The van der Waals surface area contributed by atoms with E-state index in [1.807, 2.05) is 18.2 Å². The Balaban J connectivity index is 2.07. The number of hydrogen-bond acceptors (Lipinski definition) is 4. The fourth-order valence-corrected chi connectivity index (χ4v) is 2.58. The van der Waals surface area contributed by atoms with Gasteiger partial charge < -0.3 is 9.30 Å². The van der Waals surface area contributed by atoms with Crippen LogP contribution in [-0.2, 0) is 13.2 Å². The summed E-state index contributed by atoms with van der Waals surface area (Å²) in [4.78, 5) is 0. The van der Waals surface area contributed by atoms with E-state index >= 15 is 0 Å². The number of aryl methyl sites for hydroxylation is 1. The molecule has 19 heavy (non-hydrogen) atoms. The Morgan fingerprint density at radius 3 is 2.79 bits per heavy atom. The first kappa shape index (κ1) is 13.9. The highest BCUT2D eigenvalue weighted by Gasteiger charge is 2.10. The van der Waals surface area contributed by atoms with Gasteiger partial charge in [-0.1, -0.05) is 30.8 Å². The molecule has 0 N–H and O–H groups in total. The van der Waals surface area contributed by atoms with Gasteiger partial charge in [-0.25, -0.2) is 0 Å². The largest absolute Gasteiger partial charge is 0.486 e. The molecule has 0 amide bonds. The van der Waals surface area contributed by atoms with Gasteiger partial charge in [-0.15, -0.1) is 10.2 Å². The van der Waals surface area contributed by atoms with Crippen molar-refractivity contribution in [1.82, 2.24) is 14.8 Å². The van der Waals surface area contributed by atoms with Gasteiger partial charge in [0.25, 0.3) is 0 Å². The summed E-state index contributed by atoms with van der Waals surface area (Å²) >= 11 is 1.71. The van der Waals surface area contributed by atoms with Gasteiger partial charge in [-0.3, -0.25) is 0 Å². The lowest BCUT2D eigenvalue weighted by Gasteiger charge is -2.08. The molecule has 0 atom stereocenters. The maximum Gasteiger partial charge on any atom is 0.191 e. The molecule has 1 aromatic heterocycles. The van der Waals surface area contributed by atoms with Crippen molar-refractivity contribution in [3.05, 3.63) is 35.7 Å². The van der Waals surface area contributed by atoms with E-state index < -0.39 is 0 Å². The van der Waals surface area contributed by atoms with Gasteiger partial charge in [0.2, 0.25) is 0 Å². The number of aromatic nitrogens is 3. The minimum absolute atomic E-state index is 0.453. The van der Waals surface area contributed by atoms with Crippen LogP contribution in [-0.4, -0.2) is 20.5 Å². The molecular weight excluding hydrogens is 258 g/mol. The van der Waals surface area contributed by atoms with E-state index in [0.29, 0.717) is 6.61 Å². The SMILES string of the molecule is CCSc1nnc(COc2cccc(C)c2)n1CC. The molecule has 0 radical (unpaired) electrons. The molecule has 0 saturated carbocycles. The van der Waals surface area contributed by atoms with E-state index in [-0.39, 0.29) is 0 Å². The van der Waals surface area contributed by atoms with Gasteiger partial charge in [0.15, 0.2) is 11.0 Å². The van der Waals surface area contributed by atoms with Gasteiger partial charge >= 0.3 is 0 Å². The predicted octanol–water partition coefficient (Wildman–Crippen LogP) is 3.30. The highest BCUT2D eigenvalue weighted by Crippen LogP contribution is 2.18. The minimum atomic E-state index is 0.453. The van der Waals surface area contributed by atoms with Crippen LogP contribution in [0.1, 0.15) is 25.2 Å². The summed E-state index contributed by atoms with van der Waals surface area (Å²) in [5, 5.41) is 9.38. The Labute approximate surface area is 118 Å². The van der Waals surface area contributed by atoms with E-state index in [1.165, 1.54) is 5.56 Å². The Morgan fingerprint density at radius 1 is 1.26 bits per heavy atom. The summed E-state index contributed by atoms with van der Waals surface area (Å²) in [6.07, 6.45) is 0. The van der Waals surface area contributed by atoms with Gasteiger partial charge in [0.1, 0.15) is 12.4 Å². The zero-order valence-corrected chi connectivity index (χ0v) is 12.4. The molecule has 0 aliphatic rings. The van der Waals surface area contributed by atoms with Crippen LogP contribution in [0.25, 0.3) is 0 Å². The molecule has 0 fully saturated rings. The molecular formula is C14H19N3OS. The van der Waals surface area contributed by atoms with Crippen LogP contribution in [0.4, 0.5) is 0 Å². The van der Waals surface area contributed by atoms with E-state index in [1.54, 1.807) is 11.8 Å². The number of benzene rings is 1. The third kappa shape index (κ3) is 3.50. The van der Waals surface area contributed by atoms with Crippen molar-refractivity contribution in [2.75, 3.05) is 5.75 Å². The Morgan fingerprint density at radius 2 is 2.11 bits per heavy atom. The van der Waals surface area contributed by atoms with Gasteiger partial charge in [0.05, 0.1) is 0 Å². The van der Waals surface area contributed by atoms with Crippen LogP contribution < -0.4 is 4.74 Å². The first-order chi connectivity index (χ1) is 9.24. The van der Waals surface area contributed by atoms with E-state index in [0.717, 1.165) is 29.0 Å². The van der Waals surface area contributed by atoms with Crippen molar-refractivity contribution < 1.29 is 4.74 Å². The number of rotatable bonds is 6. The second-order valence-corrected chi connectivity index (χ2v) is 5.41. The number of ether oxygens (including phenoxy) is 1. The molecule has 5 heteroatoms. The molecule has 0 unspecified atom stereocenters. The minimum Gasteiger partial charge on any atom is -0.486 e. The molecule has 1 heterocycles. The Kier molecular flexibility index (Phi) is 4.85. The summed E-state index contributed by atoms with van der Waals surface area (Å²) in [6.45, 7) is 7.58. The zero-order valence-electron chi connectivity index (χ0n) is 11.6. The molecule has 0 aliphatic heterocycles. The summed E-state index contributed by atoms with van der Waals surface area (Å²) in [7, 11) is 0. The highest BCUT2D eigenvalue weighted by atomic mass is 32.2. The van der Waals surface area contributed by atoms with Crippen LogP contribution in [0.15, 0.2) is 29.4 Å². The predicted molar refractivity (Wildman–Crippen MR) is 77.6 cm³/mol. The maximum absolute atomic E-state index is 5.77. The number of thioether (sulfide) groups is 1. The first-order valence-electron chi connectivity index (χ1n) is 6.49. The zero-order chi connectivity index (χ0) is 13.7. The third-order valence-corrected chi connectivity index (χ3v) is 3.59. The van der Waals surface area contributed by atoms with Crippen molar-refractivity contribution in [1.29, 1.82) is 0 Å². The molecule has 0 aliphatic carbocycles. The van der Waals surface area contributed by atoms with Crippen LogP contribution >= 0.6 is 11.8 Å². The second kappa shape index (κ2) is 6.61. The molecule has 0 spiro atoms. The van der Waals surface area contributed by atoms with E-state index in [9.17, 15) is 0 Å². The summed E-state index contributed by atoms with van der Waals surface area (Å²) in [6, 6.07) is 8.03. The quantitative estimate of drug-likeness (QED) is 0.760. The molecule has 0 saturated heterocycles. The van der Waals surface area contributed by atoms with Crippen molar-refractivity contribution in [3.63, 3.8) is 0 Å². The summed E-state index contributed by atoms with van der Waals surface area (Å²) in [5.41, 5.74) is 1.19. The topological polar surface area (TPSA) is 39.9 Å². The standard InChI is InChI=1S/C14H19N3OS/c1-4-17-13(15-16-14(17)19-5-2)10-18-12-8-6-7-11(3)9-12/h6-9H,4-5,10H2,1-3H3.